The summed E-state index contributed by atoms with van der Waals surface area (Å²) in [4.78, 5) is 26.1. The van der Waals surface area contributed by atoms with Gasteiger partial charge in [0.1, 0.15) is 19.0 Å². The molecular weight excluding hydrogens is 380 g/mol. The van der Waals surface area contributed by atoms with Crippen molar-refractivity contribution in [2.24, 2.45) is 0 Å². The van der Waals surface area contributed by atoms with Crippen LogP contribution in [0.2, 0.25) is 0 Å². The minimum Gasteiger partial charge on any atom is -0.489 e. The number of anilines is 1. The molecule has 152 valence electrons. The number of cyclic esters (lactones) is 1. The summed E-state index contributed by atoms with van der Waals surface area (Å²) in [6.07, 6.45) is -0.344. The average molecular weight is 402 g/mol. The predicted molar refractivity (Wildman–Crippen MR) is 114 cm³/mol. The Morgan fingerprint density at radius 3 is 2.60 bits per heavy atom. The number of carbonyl (C=O) groups excluding carboxylic acids is 2. The van der Waals surface area contributed by atoms with Crippen molar-refractivity contribution < 1.29 is 19.1 Å². The van der Waals surface area contributed by atoms with Crippen LogP contribution < -0.4 is 15.0 Å². The van der Waals surface area contributed by atoms with Crippen LogP contribution in [0.3, 0.4) is 0 Å². The summed E-state index contributed by atoms with van der Waals surface area (Å²) in [7, 11) is 0. The van der Waals surface area contributed by atoms with E-state index in [-0.39, 0.29) is 12.0 Å². The Hall–Kier alpha value is -3.80. The largest absolute Gasteiger partial charge is 0.489 e. The first kappa shape index (κ1) is 19.5. The molecule has 1 saturated heterocycles. The van der Waals surface area contributed by atoms with Crippen molar-refractivity contribution >= 4 is 17.7 Å². The maximum atomic E-state index is 12.8. The van der Waals surface area contributed by atoms with E-state index in [9.17, 15) is 9.59 Å². The first-order chi connectivity index (χ1) is 14.7. The Labute approximate surface area is 175 Å². The number of hydrogen-bond donors (Lipinski definition) is 1. The van der Waals surface area contributed by atoms with Crippen LogP contribution >= 0.6 is 0 Å². The third-order valence-electron chi connectivity index (χ3n) is 4.84. The van der Waals surface area contributed by atoms with Crippen LogP contribution in [0.1, 0.15) is 21.5 Å². The van der Waals surface area contributed by atoms with E-state index >= 15 is 0 Å². The third kappa shape index (κ3) is 4.60. The molecule has 0 radical (unpaired) electrons. The van der Waals surface area contributed by atoms with Crippen molar-refractivity contribution in [3.63, 3.8) is 0 Å². The molecule has 0 aromatic heterocycles. The lowest BCUT2D eigenvalue weighted by atomic mass is 10.1. The van der Waals surface area contributed by atoms with Gasteiger partial charge in [-0.1, -0.05) is 48.5 Å². The molecule has 1 fully saturated rings. The summed E-state index contributed by atoms with van der Waals surface area (Å²) in [6, 6.07) is 24.4. The number of ether oxygens (including phenoxy) is 2. The van der Waals surface area contributed by atoms with Gasteiger partial charge >= 0.3 is 6.09 Å². The lowest BCUT2D eigenvalue weighted by Crippen LogP contribution is -2.25. The monoisotopic (exact) mass is 402 g/mol. The smallest absolute Gasteiger partial charge is 0.414 e. The van der Waals surface area contributed by atoms with Crippen molar-refractivity contribution in [3.8, 4) is 5.75 Å². The minimum atomic E-state index is -0.344. The van der Waals surface area contributed by atoms with E-state index in [1.807, 2.05) is 72.8 Å². The molecule has 0 spiro atoms. The van der Waals surface area contributed by atoms with Gasteiger partial charge in [-0.3, -0.25) is 9.69 Å². The van der Waals surface area contributed by atoms with Crippen molar-refractivity contribution in [3.05, 3.63) is 95.6 Å². The van der Waals surface area contributed by atoms with Gasteiger partial charge in [-0.05, 0) is 35.9 Å². The summed E-state index contributed by atoms with van der Waals surface area (Å²) < 4.78 is 10.8. The van der Waals surface area contributed by atoms with E-state index in [1.165, 1.54) is 0 Å². The van der Waals surface area contributed by atoms with Crippen LogP contribution in [-0.2, 0) is 17.9 Å². The molecule has 1 aliphatic heterocycles. The molecule has 6 heteroatoms. The Morgan fingerprint density at radius 1 is 1.00 bits per heavy atom. The van der Waals surface area contributed by atoms with Crippen LogP contribution in [0, 0.1) is 0 Å². The highest BCUT2D eigenvalue weighted by Crippen LogP contribution is 2.20. The standard InChI is InChI=1S/C24H22N2O4/c27-23(22-12-5-4-8-19(22)17-30-21-10-2-1-3-11-21)25-16-18-7-6-9-20(15-18)26-13-14-29-24(26)28/h1-12,15H,13-14,16-17H2,(H,25,27). The molecule has 6 nitrogen and oxygen atoms in total. The number of hydrogen-bond acceptors (Lipinski definition) is 4. The topological polar surface area (TPSA) is 67.9 Å². The van der Waals surface area contributed by atoms with Gasteiger partial charge in [0, 0.05) is 23.4 Å². The number of para-hydroxylation sites is 1. The molecular formula is C24H22N2O4. The van der Waals surface area contributed by atoms with E-state index in [0.717, 1.165) is 22.6 Å². The van der Waals surface area contributed by atoms with Crippen molar-refractivity contribution in [2.75, 3.05) is 18.1 Å². The van der Waals surface area contributed by atoms with E-state index < -0.39 is 0 Å². The van der Waals surface area contributed by atoms with Crippen molar-refractivity contribution in [2.45, 2.75) is 13.2 Å². The fraction of sp³-hybridized carbons (Fsp3) is 0.167. The molecule has 3 aromatic rings. The average Bonchev–Trinajstić information content (AvgIpc) is 3.23. The molecule has 4 rings (SSSR count). The molecule has 1 N–H and O–H groups in total. The van der Waals surface area contributed by atoms with Gasteiger partial charge in [-0.2, -0.15) is 0 Å². The second kappa shape index (κ2) is 9.13. The lowest BCUT2D eigenvalue weighted by molar-refractivity contribution is 0.0948. The van der Waals surface area contributed by atoms with Gasteiger partial charge in [0.2, 0.25) is 0 Å². The number of carbonyl (C=O) groups is 2. The van der Waals surface area contributed by atoms with E-state index in [2.05, 4.69) is 5.32 Å². The molecule has 0 aliphatic carbocycles. The Bertz CT molecular complexity index is 1040. The summed E-state index contributed by atoms with van der Waals surface area (Å²) in [5, 5.41) is 2.95. The van der Waals surface area contributed by atoms with Gasteiger partial charge in [-0.15, -0.1) is 0 Å². The molecule has 2 amide bonds. The molecule has 3 aromatic carbocycles. The summed E-state index contributed by atoms with van der Waals surface area (Å²) in [6.45, 7) is 1.58. The summed E-state index contributed by atoms with van der Waals surface area (Å²) in [5.74, 6) is 0.582. The number of nitrogens with zero attached hydrogens (tertiary/aromatic N) is 1. The zero-order valence-corrected chi connectivity index (χ0v) is 16.4. The van der Waals surface area contributed by atoms with Gasteiger partial charge in [0.25, 0.3) is 5.91 Å². The SMILES string of the molecule is O=C(NCc1cccc(N2CCOC2=O)c1)c1ccccc1COc1ccccc1. The molecule has 0 saturated carbocycles. The second-order valence-electron chi connectivity index (χ2n) is 6.88. The van der Waals surface area contributed by atoms with Gasteiger partial charge < -0.3 is 14.8 Å². The molecule has 30 heavy (non-hydrogen) atoms. The normalized spacial score (nSPS) is 13.1. The lowest BCUT2D eigenvalue weighted by Gasteiger charge is -2.15. The van der Waals surface area contributed by atoms with E-state index in [4.69, 9.17) is 9.47 Å². The van der Waals surface area contributed by atoms with E-state index in [0.29, 0.717) is 31.9 Å². The molecule has 0 bridgehead atoms. The quantitative estimate of drug-likeness (QED) is 0.645. The van der Waals surface area contributed by atoms with Crippen LogP contribution in [-0.4, -0.2) is 25.2 Å². The maximum absolute atomic E-state index is 12.8. The molecule has 1 heterocycles. The first-order valence-electron chi connectivity index (χ1n) is 9.78. The Morgan fingerprint density at radius 2 is 1.80 bits per heavy atom. The zero-order chi connectivity index (χ0) is 20.8. The van der Waals surface area contributed by atoms with Crippen molar-refractivity contribution in [1.82, 2.24) is 5.32 Å². The fourth-order valence-electron chi connectivity index (χ4n) is 3.29. The van der Waals surface area contributed by atoms with Crippen LogP contribution in [0.5, 0.6) is 5.75 Å². The van der Waals surface area contributed by atoms with Crippen LogP contribution in [0.15, 0.2) is 78.9 Å². The van der Waals surface area contributed by atoms with Gasteiger partial charge in [-0.25, -0.2) is 4.79 Å². The Balaban J connectivity index is 1.40. The third-order valence-corrected chi connectivity index (χ3v) is 4.84. The predicted octanol–water partition coefficient (Wildman–Crippen LogP) is 4.15. The van der Waals surface area contributed by atoms with Crippen LogP contribution in [0.4, 0.5) is 10.5 Å². The number of benzene rings is 3. The number of rotatable bonds is 7. The van der Waals surface area contributed by atoms with Crippen molar-refractivity contribution in [1.29, 1.82) is 0 Å². The highest BCUT2D eigenvalue weighted by Gasteiger charge is 2.23. The highest BCUT2D eigenvalue weighted by atomic mass is 16.6. The molecule has 1 aliphatic rings. The molecule has 0 atom stereocenters. The number of amides is 2. The number of nitrogens with one attached hydrogen (secondary N) is 1. The van der Waals surface area contributed by atoms with Gasteiger partial charge in [0.05, 0.1) is 6.54 Å². The van der Waals surface area contributed by atoms with Crippen LogP contribution in [0.25, 0.3) is 0 Å². The zero-order valence-electron chi connectivity index (χ0n) is 16.4. The summed E-state index contributed by atoms with van der Waals surface area (Å²) in [5.41, 5.74) is 3.06. The fourth-order valence-corrected chi connectivity index (χ4v) is 3.29. The highest BCUT2D eigenvalue weighted by molar-refractivity contribution is 5.95. The Kier molecular flexibility index (Phi) is 5.94. The first-order valence-corrected chi connectivity index (χ1v) is 9.78. The van der Waals surface area contributed by atoms with E-state index in [1.54, 1.807) is 11.0 Å². The molecule has 0 unspecified atom stereocenters. The summed E-state index contributed by atoms with van der Waals surface area (Å²) >= 11 is 0. The minimum absolute atomic E-state index is 0.173. The maximum Gasteiger partial charge on any atom is 0.414 e. The van der Waals surface area contributed by atoms with Gasteiger partial charge in [0.15, 0.2) is 0 Å². The second-order valence-corrected chi connectivity index (χ2v) is 6.88.